The van der Waals surface area contributed by atoms with Crippen molar-refractivity contribution in [2.75, 3.05) is 60.2 Å². The smallest absolute Gasteiger partial charge is 0.262 e. The molecule has 0 N–H and O–H groups in total. The molecule has 2 amide bonds. The van der Waals surface area contributed by atoms with E-state index in [4.69, 9.17) is 19.3 Å². The van der Waals surface area contributed by atoms with Gasteiger partial charge >= 0.3 is 0 Å². The lowest BCUT2D eigenvalue weighted by atomic mass is 9.97. The summed E-state index contributed by atoms with van der Waals surface area (Å²) < 4.78 is 30.5. The molecule has 0 spiro atoms. The van der Waals surface area contributed by atoms with Crippen LogP contribution in [0.4, 0.5) is 4.39 Å². The van der Waals surface area contributed by atoms with E-state index in [1.165, 1.54) is 28.1 Å². The highest BCUT2D eigenvalue weighted by Crippen LogP contribution is 2.36. The number of benzene rings is 3. The predicted molar refractivity (Wildman–Crippen MR) is 161 cm³/mol. The molecule has 3 aromatic rings. The Labute approximate surface area is 251 Å². The van der Waals surface area contributed by atoms with E-state index in [-0.39, 0.29) is 24.1 Å². The number of ether oxygens (including phenoxy) is 3. The number of rotatable bonds is 10. The van der Waals surface area contributed by atoms with Gasteiger partial charge < -0.3 is 19.1 Å². The number of morpholine rings is 1. The number of hydrazone groups is 1. The number of halogens is 1. The van der Waals surface area contributed by atoms with Gasteiger partial charge in [-0.3, -0.25) is 14.5 Å². The van der Waals surface area contributed by atoms with Gasteiger partial charge in [0.2, 0.25) is 0 Å². The topological polar surface area (TPSA) is 83.9 Å². The maximum absolute atomic E-state index is 14.1. The Hall–Kier alpha value is -4.28. The van der Waals surface area contributed by atoms with Gasteiger partial charge in [-0.25, -0.2) is 9.40 Å². The lowest BCUT2D eigenvalue weighted by Gasteiger charge is -2.31. The molecule has 0 aliphatic carbocycles. The van der Waals surface area contributed by atoms with Crippen LogP contribution in [0.2, 0.25) is 0 Å². The summed E-state index contributed by atoms with van der Waals surface area (Å²) in [5, 5.41) is 6.28. The zero-order chi connectivity index (χ0) is 30.3. The zero-order valence-corrected chi connectivity index (χ0v) is 24.8. The molecule has 2 heterocycles. The van der Waals surface area contributed by atoms with E-state index in [2.05, 4.69) is 4.90 Å². The van der Waals surface area contributed by atoms with Gasteiger partial charge in [-0.15, -0.1) is 0 Å². The quantitative estimate of drug-likeness (QED) is 0.351. The van der Waals surface area contributed by atoms with E-state index < -0.39 is 11.7 Å². The molecule has 0 bridgehead atoms. The van der Waals surface area contributed by atoms with Gasteiger partial charge in [0, 0.05) is 49.8 Å². The van der Waals surface area contributed by atoms with Crippen LogP contribution < -0.4 is 9.47 Å². The van der Waals surface area contributed by atoms with Crippen LogP contribution >= 0.6 is 0 Å². The molecule has 226 valence electrons. The van der Waals surface area contributed by atoms with Crippen molar-refractivity contribution in [2.45, 2.75) is 19.4 Å². The number of aryl methyl sites for hydroxylation is 1. The summed E-state index contributed by atoms with van der Waals surface area (Å²) in [6.07, 6.45) is 0.461. The molecule has 3 aromatic carbocycles. The molecular weight excluding hydrogens is 551 g/mol. The van der Waals surface area contributed by atoms with Crippen molar-refractivity contribution in [3.8, 4) is 11.5 Å². The number of carbonyl (C=O) groups excluding carboxylic acids is 2. The minimum Gasteiger partial charge on any atom is -0.497 e. The van der Waals surface area contributed by atoms with Crippen molar-refractivity contribution in [1.82, 2.24) is 14.8 Å². The molecule has 0 unspecified atom stereocenters. The summed E-state index contributed by atoms with van der Waals surface area (Å²) in [7, 11) is 3.17. The lowest BCUT2D eigenvalue weighted by Crippen LogP contribution is -2.46. The average molecular weight is 589 g/mol. The molecule has 2 aliphatic heterocycles. The van der Waals surface area contributed by atoms with Gasteiger partial charge in [-0.05, 0) is 42.8 Å². The molecular formula is C33H37FN4O5. The monoisotopic (exact) mass is 588 g/mol. The first-order chi connectivity index (χ1) is 20.9. The van der Waals surface area contributed by atoms with Crippen LogP contribution in [0.1, 0.15) is 39.5 Å². The Bertz CT molecular complexity index is 1470. The fourth-order valence-electron chi connectivity index (χ4n) is 5.37. The van der Waals surface area contributed by atoms with Gasteiger partial charge in [0.25, 0.3) is 11.8 Å². The van der Waals surface area contributed by atoms with Crippen molar-refractivity contribution < 1.29 is 28.2 Å². The number of amides is 2. The first-order valence-electron chi connectivity index (χ1n) is 14.4. The second-order valence-electron chi connectivity index (χ2n) is 10.7. The Morgan fingerprint density at radius 3 is 2.49 bits per heavy atom. The van der Waals surface area contributed by atoms with Gasteiger partial charge in [0.05, 0.1) is 39.2 Å². The minimum absolute atomic E-state index is 0.193. The third kappa shape index (κ3) is 7.21. The van der Waals surface area contributed by atoms with E-state index in [1.807, 2.05) is 43.3 Å². The third-order valence-corrected chi connectivity index (χ3v) is 7.82. The summed E-state index contributed by atoms with van der Waals surface area (Å²) in [5.41, 5.74) is 3.68. The second kappa shape index (κ2) is 13.8. The largest absolute Gasteiger partial charge is 0.497 e. The van der Waals surface area contributed by atoms with Crippen molar-refractivity contribution >= 4 is 17.5 Å². The third-order valence-electron chi connectivity index (χ3n) is 7.82. The number of methoxy groups -OCH3 is 2. The van der Waals surface area contributed by atoms with Crippen molar-refractivity contribution in [3.63, 3.8) is 0 Å². The molecule has 5 rings (SSSR count). The molecule has 1 atom stereocenters. The number of hydrogen-bond acceptors (Lipinski definition) is 7. The Kier molecular flexibility index (Phi) is 9.68. The zero-order valence-electron chi connectivity index (χ0n) is 24.8. The molecule has 1 fully saturated rings. The Morgan fingerprint density at radius 2 is 1.79 bits per heavy atom. The summed E-state index contributed by atoms with van der Waals surface area (Å²) in [6.45, 7) is 5.39. The summed E-state index contributed by atoms with van der Waals surface area (Å²) in [6, 6.07) is 18.7. The average Bonchev–Trinajstić information content (AvgIpc) is 3.48. The minimum atomic E-state index is -0.507. The van der Waals surface area contributed by atoms with Gasteiger partial charge in [-0.1, -0.05) is 35.9 Å². The van der Waals surface area contributed by atoms with Crippen molar-refractivity contribution in [2.24, 2.45) is 5.10 Å². The number of hydrogen-bond donors (Lipinski definition) is 0. The molecule has 2 aliphatic rings. The fraction of sp³-hybridized carbons (Fsp3) is 0.364. The molecule has 0 radical (unpaired) electrons. The molecule has 10 heteroatoms. The van der Waals surface area contributed by atoms with Crippen LogP contribution in [0, 0.1) is 12.7 Å². The maximum Gasteiger partial charge on any atom is 0.262 e. The van der Waals surface area contributed by atoms with Crippen LogP contribution in [-0.2, 0) is 9.53 Å². The van der Waals surface area contributed by atoms with Crippen LogP contribution in [0.15, 0.2) is 71.8 Å². The highest BCUT2D eigenvalue weighted by Gasteiger charge is 2.35. The molecule has 9 nitrogen and oxygen atoms in total. The van der Waals surface area contributed by atoms with Gasteiger partial charge in [-0.2, -0.15) is 5.10 Å². The SMILES string of the molecule is COc1ccc(C2=NN(C(=O)CN(CCN3CCOCC3)C(=O)c3cccc(F)c3)[C@@H](c3ccc(C)cc3)C2)c(OC)c1. The standard InChI is InChI=1S/C33H37FN4O5/c1-23-7-9-24(10-8-23)30-21-29(28-12-11-27(41-2)20-31(28)42-3)35-38(30)32(39)22-37(14-13-36-15-17-43-18-16-36)33(40)25-5-4-6-26(34)19-25/h4-12,19-20,30H,13-18,21-22H2,1-3H3/t30-/m1/s1. The van der Waals surface area contributed by atoms with E-state index in [1.54, 1.807) is 26.4 Å². The van der Waals surface area contributed by atoms with Crippen molar-refractivity contribution in [3.05, 3.63) is 94.8 Å². The first-order valence-corrected chi connectivity index (χ1v) is 14.4. The summed E-state index contributed by atoms with van der Waals surface area (Å²) in [5.74, 6) is -0.0163. The van der Waals surface area contributed by atoms with E-state index >= 15 is 0 Å². The highest BCUT2D eigenvalue weighted by molar-refractivity contribution is 6.05. The summed E-state index contributed by atoms with van der Waals surface area (Å²) >= 11 is 0. The summed E-state index contributed by atoms with van der Waals surface area (Å²) in [4.78, 5) is 31.4. The van der Waals surface area contributed by atoms with Crippen LogP contribution in [0.25, 0.3) is 0 Å². The Balaban J connectivity index is 1.45. The predicted octanol–water partition coefficient (Wildman–Crippen LogP) is 4.30. The highest BCUT2D eigenvalue weighted by atomic mass is 19.1. The van der Waals surface area contributed by atoms with Crippen LogP contribution in [0.3, 0.4) is 0 Å². The van der Waals surface area contributed by atoms with E-state index in [0.717, 1.165) is 29.8 Å². The number of nitrogens with zero attached hydrogens (tertiary/aromatic N) is 4. The lowest BCUT2D eigenvalue weighted by molar-refractivity contribution is -0.133. The van der Waals surface area contributed by atoms with Crippen molar-refractivity contribution in [1.29, 1.82) is 0 Å². The van der Waals surface area contributed by atoms with Crippen LogP contribution in [0.5, 0.6) is 11.5 Å². The molecule has 0 aromatic heterocycles. The van der Waals surface area contributed by atoms with E-state index in [9.17, 15) is 14.0 Å². The van der Waals surface area contributed by atoms with E-state index in [0.29, 0.717) is 49.9 Å². The fourth-order valence-corrected chi connectivity index (χ4v) is 5.37. The maximum atomic E-state index is 14.1. The molecule has 0 saturated carbocycles. The van der Waals surface area contributed by atoms with Gasteiger partial charge in [0.1, 0.15) is 23.9 Å². The normalized spacial score (nSPS) is 17.0. The molecule has 1 saturated heterocycles. The molecule has 43 heavy (non-hydrogen) atoms. The Morgan fingerprint density at radius 1 is 1.02 bits per heavy atom. The van der Waals surface area contributed by atoms with Crippen LogP contribution in [-0.4, -0.2) is 92.5 Å². The second-order valence-corrected chi connectivity index (χ2v) is 10.7. The first kappa shape index (κ1) is 30.2. The number of carbonyl (C=O) groups is 2. The van der Waals surface area contributed by atoms with Gasteiger partial charge in [0.15, 0.2) is 0 Å².